The van der Waals surface area contributed by atoms with Crippen LogP contribution in [0.3, 0.4) is 0 Å². The average Bonchev–Trinajstić information content (AvgIpc) is 2.84. The van der Waals surface area contributed by atoms with Gasteiger partial charge in [-0.15, -0.1) is 0 Å². The molecule has 2 atom stereocenters. The lowest BCUT2D eigenvalue weighted by atomic mass is 9.84. The van der Waals surface area contributed by atoms with Gasteiger partial charge in [-0.25, -0.2) is 0 Å². The Bertz CT molecular complexity index is 775. The highest BCUT2D eigenvalue weighted by molar-refractivity contribution is 5.27. The lowest BCUT2D eigenvalue weighted by Gasteiger charge is -2.22. The van der Waals surface area contributed by atoms with Crippen LogP contribution in [0.25, 0.3) is 0 Å². The molecule has 0 saturated carbocycles. The summed E-state index contributed by atoms with van der Waals surface area (Å²) in [6.07, 6.45) is 25.5. The van der Waals surface area contributed by atoms with E-state index in [2.05, 4.69) is 63.3 Å². The van der Waals surface area contributed by atoms with E-state index in [0.29, 0.717) is 5.92 Å². The number of aryl methyl sites for hydroxylation is 1. The molecule has 0 heterocycles. The summed E-state index contributed by atoms with van der Waals surface area (Å²) in [6, 6.07) is 8.94. The van der Waals surface area contributed by atoms with Crippen LogP contribution in [-0.2, 0) is 6.42 Å². The van der Waals surface area contributed by atoms with Gasteiger partial charge in [0, 0.05) is 0 Å². The maximum Gasteiger partial charge on any atom is 0.119 e. The highest BCUT2D eigenvalue weighted by Gasteiger charge is 2.16. The molecule has 0 aliphatic heterocycles. The van der Waals surface area contributed by atoms with Crippen LogP contribution in [0.15, 0.2) is 59.2 Å². The van der Waals surface area contributed by atoms with Crippen LogP contribution in [0.4, 0.5) is 0 Å². The van der Waals surface area contributed by atoms with E-state index in [1.165, 1.54) is 101 Å². The monoisotopic (exact) mass is 448 g/mol. The second-order valence-corrected chi connectivity index (χ2v) is 10.8. The Balaban J connectivity index is 1.32. The van der Waals surface area contributed by atoms with Crippen molar-refractivity contribution < 1.29 is 4.74 Å². The largest absolute Gasteiger partial charge is 0.493 e. The highest BCUT2D eigenvalue weighted by atomic mass is 16.5. The molecule has 0 amide bonds. The first-order chi connectivity index (χ1) is 16.1. The third-order valence-corrected chi connectivity index (χ3v) is 7.60. The van der Waals surface area contributed by atoms with E-state index in [-0.39, 0.29) is 0 Å². The predicted molar refractivity (Wildman–Crippen MR) is 144 cm³/mol. The van der Waals surface area contributed by atoms with Crippen molar-refractivity contribution in [3.8, 4) is 5.75 Å². The van der Waals surface area contributed by atoms with Crippen LogP contribution in [0.5, 0.6) is 5.75 Å². The number of rotatable bonds is 13. The zero-order valence-corrected chi connectivity index (χ0v) is 21.7. The summed E-state index contributed by atoms with van der Waals surface area (Å²) in [6.45, 7) is 7.54. The van der Waals surface area contributed by atoms with E-state index < -0.39 is 0 Å². The first kappa shape index (κ1) is 25.9. The van der Waals surface area contributed by atoms with Crippen molar-refractivity contribution >= 4 is 0 Å². The van der Waals surface area contributed by atoms with Gasteiger partial charge in [-0.1, -0.05) is 66.8 Å². The van der Waals surface area contributed by atoms with Gasteiger partial charge in [0.25, 0.3) is 0 Å². The van der Waals surface area contributed by atoms with Gasteiger partial charge in [0.2, 0.25) is 0 Å². The third-order valence-electron chi connectivity index (χ3n) is 7.60. The van der Waals surface area contributed by atoms with Crippen LogP contribution in [0.1, 0.15) is 110 Å². The maximum atomic E-state index is 6.15. The molecule has 2 unspecified atom stereocenters. The minimum atomic E-state index is 0.686. The Labute approximate surface area is 204 Å². The Morgan fingerprint density at radius 2 is 1.58 bits per heavy atom. The lowest BCUT2D eigenvalue weighted by molar-refractivity contribution is 0.236. The van der Waals surface area contributed by atoms with E-state index in [1.807, 2.05) is 0 Å². The summed E-state index contributed by atoms with van der Waals surface area (Å²) < 4.78 is 6.15. The normalized spacial score (nSPS) is 20.7. The maximum absolute atomic E-state index is 6.15. The average molecular weight is 449 g/mol. The first-order valence-corrected chi connectivity index (χ1v) is 13.8. The fourth-order valence-corrected chi connectivity index (χ4v) is 5.24. The lowest BCUT2D eigenvalue weighted by Crippen LogP contribution is -2.15. The molecular formula is C32H48O. The van der Waals surface area contributed by atoms with Crippen molar-refractivity contribution in [2.24, 2.45) is 11.8 Å². The number of hydrogen-bond donors (Lipinski definition) is 0. The zero-order chi connectivity index (χ0) is 23.3. The van der Waals surface area contributed by atoms with Crippen LogP contribution in [-0.4, -0.2) is 6.61 Å². The third kappa shape index (κ3) is 9.95. The highest BCUT2D eigenvalue weighted by Crippen LogP contribution is 2.30. The van der Waals surface area contributed by atoms with Crippen molar-refractivity contribution in [3.05, 3.63) is 64.8 Å². The predicted octanol–water partition coefficient (Wildman–Crippen LogP) is 9.78. The number of ether oxygens (including phenoxy) is 1. The molecular weight excluding hydrogens is 400 g/mol. The van der Waals surface area contributed by atoms with E-state index in [9.17, 15) is 0 Å². The van der Waals surface area contributed by atoms with E-state index in [4.69, 9.17) is 4.74 Å². The minimum Gasteiger partial charge on any atom is -0.493 e. The van der Waals surface area contributed by atoms with Gasteiger partial charge in [0.15, 0.2) is 0 Å². The van der Waals surface area contributed by atoms with Gasteiger partial charge in [-0.3, -0.25) is 0 Å². The molecule has 0 radical (unpaired) electrons. The second kappa shape index (κ2) is 14.5. The molecule has 0 saturated heterocycles. The molecule has 1 aromatic carbocycles. The summed E-state index contributed by atoms with van der Waals surface area (Å²) in [5.74, 6) is 2.59. The summed E-state index contributed by atoms with van der Waals surface area (Å²) in [5, 5.41) is 0. The summed E-state index contributed by atoms with van der Waals surface area (Å²) in [7, 11) is 0. The topological polar surface area (TPSA) is 9.23 Å². The van der Waals surface area contributed by atoms with Gasteiger partial charge in [0.05, 0.1) is 6.61 Å². The summed E-state index contributed by atoms with van der Waals surface area (Å²) >= 11 is 0. The molecule has 1 heteroatoms. The Hall–Kier alpha value is -1.76. The van der Waals surface area contributed by atoms with E-state index in [1.54, 1.807) is 11.1 Å². The summed E-state index contributed by atoms with van der Waals surface area (Å²) in [4.78, 5) is 0. The minimum absolute atomic E-state index is 0.686. The van der Waals surface area contributed by atoms with Crippen molar-refractivity contribution in [2.75, 3.05) is 6.61 Å². The quantitative estimate of drug-likeness (QED) is 0.215. The van der Waals surface area contributed by atoms with Gasteiger partial charge >= 0.3 is 0 Å². The fraction of sp³-hybridized carbons (Fsp3) is 0.625. The van der Waals surface area contributed by atoms with Crippen LogP contribution in [0, 0.1) is 11.8 Å². The number of unbranched alkanes of at least 4 members (excludes halogenated alkanes) is 2. The van der Waals surface area contributed by atoms with Crippen molar-refractivity contribution in [3.63, 3.8) is 0 Å². The molecule has 2 aliphatic rings. The van der Waals surface area contributed by atoms with E-state index in [0.717, 1.165) is 18.3 Å². The summed E-state index contributed by atoms with van der Waals surface area (Å²) in [5.41, 5.74) is 6.28. The molecule has 33 heavy (non-hydrogen) atoms. The van der Waals surface area contributed by atoms with Crippen LogP contribution < -0.4 is 4.74 Å². The molecule has 1 aromatic rings. The molecule has 0 bridgehead atoms. The number of allylic oxidation sites excluding steroid dienone is 6. The van der Waals surface area contributed by atoms with Crippen LogP contribution >= 0.6 is 0 Å². The molecule has 2 aliphatic carbocycles. The molecule has 0 N–H and O–H groups in total. The Morgan fingerprint density at radius 3 is 2.21 bits per heavy atom. The molecule has 0 fully saturated rings. The molecule has 3 rings (SSSR count). The zero-order valence-electron chi connectivity index (χ0n) is 21.7. The molecule has 0 spiro atoms. The molecule has 0 aromatic heterocycles. The van der Waals surface area contributed by atoms with Gasteiger partial charge in [-0.2, -0.15) is 0 Å². The van der Waals surface area contributed by atoms with Crippen LogP contribution in [0.2, 0.25) is 0 Å². The Kier molecular flexibility index (Phi) is 11.4. The SMILES string of the molecule is CCCCCC1=CCC(COc2ccc(CCC3CC=C(CCC=C(C)C)CC3)cc2)CC1. The van der Waals surface area contributed by atoms with Gasteiger partial charge in [0.1, 0.15) is 5.75 Å². The molecule has 182 valence electrons. The number of hydrogen-bond acceptors (Lipinski definition) is 1. The van der Waals surface area contributed by atoms with Crippen molar-refractivity contribution in [1.29, 1.82) is 0 Å². The first-order valence-electron chi connectivity index (χ1n) is 13.8. The molecule has 1 nitrogen and oxygen atoms in total. The second-order valence-electron chi connectivity index (χ2n) is 10.8. The Morgan fingerprint density at radius 1 is 0.879 bits per heavy atom. The fourth-order valence-electron chi connectivity index (χ4n) is 5.24. The van der Waals surface area contributed by atoms with Gasteiger partial charge < -0.3 is 4.74 Å². The standard InChI is InChI=1S/C32H48O/c1-4-5-6-9-27-17-19-31(20-18-27)25-33-32-23-21-30(22-24-32)16-15-29-13-11-28(12-14-29)10-7-8-26(2)3/h8,11,17,21-24,29,31H,4-7,9-10,12-16,18-20,25H2,1-3H3. The number of benzene rings is 1. The van der Waals surface area contributed by atoms with Crippen molar-refractivity contribution in [1.82, 2.24) is 0 Å². The van der Waals surface area contributed by atoms with E-state index >= 15 is 0 Å². The smallest absolute Gasteiger partial charge is 0.119 e. The van der Waals surface area contributed by atoms with Crippen molar-refractivity contribution in [2.45, 2.75) is 111 Å². The van der Waals surface area contributed by atoms with Gasteiger partial charge in [-0.05, 0) is 120 Å².